The van der Waals surface area contributed by atoms with Crippen LogP contribution in [0.25, 0.3) is 0 Å². The van der Waals surface area contributed by atoms with Crippen LogP contribution in [0.5, 0.6) is 0 Å². The Balaban J connectivity index is 2.86. The van der Waals surface area contributed by atoms with Crippen molar-refractivity contribution in [2.75, 3.05) is 0 Å². The van der Waals surface area contributed by atoms with E-state index in [1.54, 1.807) is 12.1 Å². The molecule has 0 saturated heterocycles. The van der Waals surface area contributed by atoms with E-state index in [-0.39, 0.29) is 11.7 Å². The zero-order valence-corrected chi connectivity index (χ0v) is 10.1. The van der Waals surface area contributed by atoms with Crippen molar-refractivity contribution >= 4 is 5.97 Å². The second-order valence-electron chi connectivity index (χ2n) is 4.58. The fourth-order valence-corrected chi connectivity index (χ4v) is 1.83. The first-order valence-electron chi connectivity index (χ1n) is 5.64. The van der Waals surface area contributed by atoms with Crippen molar-refractivity contribution in [2.24, 2.45) is 5.73 Å². The fraction of sp³-hybridized carbons (Fsp3) is 0.462. The molecule has 2 unspecified atom stereocenters. The highest BCUT2D eigenvalue weighted by Crippen LogP contribution is 2.28. The second-order valence-corrected chi connectivity index (χ2v) is 4.58. The van der Waals surface area contributed by atoms with Gasteiger partial charge in [0.25, 0.3) is 0 Å². The third kappa shape index (κ3) is 3.53. The lowest BCUT2D eigenvalue weighted by atomic mass is 9.84. The van der Waals surface area contributed by atoms with Gasteiger partial charge in [-0.1, -0.05) is 19.1 Å². The average Bonchev–Trinajstić information content (AvgIpc) is 2.27. The molecule has 17 heavy (non-hydrogen) atoms. The van der Waals surface area contributed by atoms with Crippen LogP contribution >= 0.6 is 0 Å². The molecule has 1 aromatic carbocycles. The Morgan fingerprint density at radius 3 is 2.41 bits per heavy atom. The molecule has 3 nitrogen and oxygen atoms in total. The molecule has 0 saturated carbocycles. The Labute approximate surface area is 100 Å². The van der Waals surface area contributed by atoms with Crippen molar-refractivity contribution in [1.29, 1.82) is 0 Å². The summed E-state index contributed by atoms with van der Waals surface area (Å²) < 4.78 is 12.8. The first-order chi connectivity index (χ1) is 7.86. The van der Waals surface area contributed by atoms with E-state index in [1.807, 2.05) is 6.92 Å². The van der Waals surface area contributed by atoms with Gasteiger partial charge < -0.3 is 10.8 Å². The van der Waals surface area contributed by atoms with Crippen molar-refractivity contribution in [3.05, 3.63) is 35.6 Å². The van der Waals surface area contributed by atoms with Gasteiger partial charge in [-0.2, -0.15) is 0 Å². The lowest BCUT2D eigenvalue weighted by Gasteiger charge is -2.25. The number of hydrogen-bond acceptors (Lipinski definition) is 2. The number of carbonyl (C=O) groups is 1. The minimum Gasteiger partial charge on any atom is -0.480 e. The predicted octanol–water partition coefficient (Wildman–Crippen LogP) is 2.51. The molecule has 0 radical (unpaired) electrons. The van der Waals surface area contributed by atoms with Gasteiger partial charge >= 0.3 is 5.97 Å². The molecule has 0 heterocycles. The average molecular weight is 239 g/mol. The zero-order valence-electron chi connectivity index (χ0n) is 10.1. The monoisotopic (exact) mass is 239 g/mol. The molecule has 94 valence electrons. The number of rotatable bonds is 5. The van der Waals surface area contributed by atoms with Gasteiger partial charge in [0.15, 0.2) is 0 Å². The molecule has 1 aromatic rings. The maximum atomic E-state index is 12.8. The van der Waals surface area contributed by atoms with Crippen molar-refractivity contribution in [1.82, 2.24) is 0 Å². The first-order valence-corrected chi connectivity index (χ1v) is 5.64. The maximum Gasteiger partial charge on any atom is 0.323 e. The quantitative estimate of drug-likeness (QED) is 0.829. The number of carboxylic acid groups (broad SMARTS) is 1. The number of hydrogen-bond donors (Lipinski definition) is 2. The number of carboxylic acids is 1. The van der Waals surface area contributed by atoms with Crippen LogP contribution in [0.2, 0.25) is 0 Å². The van der Waals surface area contributed by atoms with E-state index in [9.17, 15) is 9.18 Å². The molecule has 0 aliphatic heterocycles. The van der Waals surface area contributed by atoms with Crippen molar-refractivity contribution in [3.8, 4) is 0 Å². The van der Waals surface area contributed by atoms with E-state index in [0.29, 0.717) is 6.42 Å². The molecule has 0 aliphatic rings. The topological polar surface area (TPSA) is 63.3 Å². The van der Waals surface area contributed by atoms with Gasteiger partial charge in [-0.05, 0) is 43.4 Å². The van der Waals surface area contributed by atoms with Gasteiger partial charge in [-0.15, -0.1) is 0 Å². The summed E-state index contributed by atoms with van der Waals surface area (Å²) in [4.78, 5) is 11.0. The number of halogens is 1. The Morgan fingerprint density at radius 1 is 1.47 bits per heavy atom. The minimum absolute atomic E-state index is 0.0294. The van der Waals surface area contributed by atoms with E-state index < -0.39 is 11.5 Å². The van der Waals surface area contributed by atoms with Gasteiger partial charge in [0.05, 0.1) is 0 Å². The molecule has 1 rings (SSSR count). The molecule has 4 heteroatoms. The standard InChI is InChI=1S/C13H18FNO2/c1-3-9(8-13(2,15)12(16)17)10-4-6-11(14)7-5-10/h4-7,9H,3,8,15H2,1-2H3,(H,16,17). The summed E-state index contributed by atoms with van der Waals surface area (Å²) in [5.74, 6) is -1.28. The summed E-state index contributed by atoms with van der Waals surface area (Å²) in [5.41, 5.74) is 5.40. The van der Waals surface area contributed by atoms with Crippen LogP contribution in [0.3, 0.4) is 0 Å². The number of benzene rings is 1. The van der Waals surface area contributed by atoms with Gasteiger partial charge in [0, 0.05) is 0 Å². The molecule has 2 atom stereocenters. The normalized spacial score (nSPS) is 16.2. The molecular formula is C13H18FNO2. The summed E-state index contributed by atoms with van der Waals surface area (Å²) >= 11 is 0. The Bertz CT molecular complexity index is 387. The van der Waals surface area contributed by atoms with Crippen molar-refractivity contribution < 1.29 is 14.3 Å². The summed E-state index contributed by atoms with van der Waals surface area (Å²) in [5, 5.41) is 8.99. The van der Waals surface area contributed by atoms with Gasteiger partial charge in [0.2, 0.25) is 0 Å². The highest BCUT2D eigenvalue weighted by atomic mass is 19.1. The summed E-state index contributed by atoms with van der Waals surface area (Å²) in [6.07, 6.45) is 1.11. The van der Waals surface area contributed by atoms with E-state index in [0.717, 1.165) is 12.0 Å². The maximum absolute atomic E-state index is 12.8. The molecule has 0 aliphatic carbocycles. The predicted molar refractivity (Wildman–Crippen MR) is 64.3 cm³/mol. The molecule has 0 fully saturated rings. The fourth-order valence-electron chi connectivity index (χ4n) is 1.83. The molecule has 0 bridgehead atoms. The van der Waals surface area contributed by atoms with Crippen LogP contribution < -0.4 is 5.73 Å². The van der Waals surface area contributed by atoms with Crippen LogP contribution in [-0.2, 0) is 4.79 Å². The third-order valence-electron chi connectivity index (χ3n) is 2.99. The van der Waals surface area contributed by atoms with Crippen molar-refractivity contribution in [2.45, 2.75) is 38.1 Å². The van der Waals surface area contributed by atoms with Crippen LogP contribution in [0.15, 0.2) is 24.3 Å². The lowest BCUT2D eigenvalue weighted by Crippen LogP contribution is -2.45. The molecule has 0 amide bonds. The molecular weight excluding hydrogens is 221 g/mol. The van der Waals surface area contributed by atoms with Crippen LogP contribution in [0.1, 0.15) is 38.2 Å². The summed E-state index contributed by atoms with van der Waals surface area (Å²) in [6, 6.07) is 6.13. The van der Waals surface area contributed by atoms with E-state index in [1.165, 1.54) is 19.1 Å². The Hall–Kier alpha value is -1.42. The second kappa shape index (κ2) is 5.27. The largest absolute Gasteiger partial charge is 0.480 e. The third-order valence-corrected chi connectivity index (χ3v) is 2.99. The highest BCUT2D eigenvalue weighted by Gasteiger charge is 2.31. The SMILES string of the molecule is CCC(CC(C)(N)C(=O)O)c1ccc(F)cc1. The summed E-state index contributed by atoms with van der Waals surface area (Å²) in [7, 11) is 0. The van der Waals surface area contributed by atoms with Crippen LogP contribution in [0, 0.1) is 5.82 Å². The Kier molecular flexibility index (Phi) is 4.23. The first kappa shape index (κ1) is 13.6. The van der Waals surface area contributed by atoms with Crippen molar-refractivity contribution in [3.63, 3.8) is 0 Å². The molecule has 3 N–H and O–H groups in total. The minimum atomic E-state index is -1.25. The highest BCUT2D eigenvalue weighted by molar-refractivity contribution is 5.77. The van der Waals surface area contributed by atoms with E-state index in [2.05, 4.69) is 0 Å². The van der Waals surface area contributed by atoms with Gasteiger partial charge in [0.1, 0.15) is 11.4 Å². The zero-order chi connectivity index (χ0) is 13.1. The molecule has 0 spiro atoms. The van der Waals surface area contributed by atoms with Gasteiger partial charge in [-0.3, -0.25) is 4.79 Å². The van der Waals surface area contributed by atoms with Gasteiger partial charge in [-0.25, -0.2) is 4.39 Å². The molecule has 0 aromatic heterocycles. The van der Waals surface area contributed by atoms with E-state index >= 15 is 0 Å². The van der Waals surface area contributed by atoms with Crippen LogP contribution in [-0.4, -0.2) is 16.6 Å². The smallest absolute Gasteiger partial charge is 0.323 e. The number of nitrogens with two attached hydrogens (primary N) is 1. The van der Waals surface area contributed by atoms with Crippen LogP contribution in [0.4, 0.5) is 4.39 Å². The Morgan fingerprint density at radius 2 is 2.00 bits per heavy atom. The number of aliphatic carboxylic acids is 1. The summed E-state index contributed by atoms with van der Waals surface area (Å²) in [6.45, 7) is 3.47. The lowest BCUT2D eigenvalue weighted by molar-refractivity contribution is -0.143. The van der Waals surface area contributed by atoms with E-state index in [4.69, 9.17) is 10.8 Å².